The number of carbonyl (C=O) groups excluding carboxylic acids is 1. The quantitative estimate of drug-likeness (QED) is 0.0204. The van der Waals surface area contributed by atoms with E-state index in [1.165, 1.54) is 173 Å². The van der Waals surface area contributed by atoms with E-state index in [1.54, 1.807) is 6.08 Å². The fraction of sp³-hybridized carbons (Fsp3) is 0.776. The number of hydrogen-bond donors (Lipinski definition) is 9. The maximum absolute atomic E-state index is 13.3. The van der Waals surface area contributed by atoms with E-state index in [-0.39, 0.29) is 18.9 Å². The molecule has 0 saturated carbocycles. The number of aliphatic hydroxyl groups is 8. The Morgan fingerprint density at radius 2 is 0.778 bits per heavy atom. The molecule has 0 spiro atoms. The second-order valence-electron chi connectivity index (χ2n) is 25.3. The zero-order valence-corrected chi connectivity index (χ0v) is 56.6. The molecule has 0 aromatic heterocycles. The van der Waals surface area contributed by atoms with Gasteiger partial charge in [0.2, 0.25) is 5.91 Å². The number of hydrogen-bond acceptors (Lipinski definition) is 13. The van der Waals surface area contributed by atoms with Crippen LogP contribution in [0.1, 0.15) is 284 Å². The van der Waals surface area contributed by atoms with Crippen LogP contribution in [0, 0.1) is 0 Å². The Morgan fingerprint density at radius 3 is 1.22 bits per heavy atom. The predicted octanol–water partition coefficient (Wildman–Crippen LogP) is 15.3. The molecule has 0 radical (unpaired) electrons. The zero-order chi connectivity index (χ0) is 65.2. The van der Waals surface area contributed by atoms with Gasteiger partial charge in [0.05, 0.1) is 32.0 Å². The molecule has 0 aromatic carbocycles. The van der Waals surface area contributed by atoms with Gasteiger partial charge in [-0.15, -0.1) is 0 Å². The molecule has 90 heavy (non-hydrogen) atoms. The van der Waals surface area contributed by atoms with Crippen LogP contribution < -0.4 is 5.32 Å². The SMILES string of the molecule is CC/C=C\C/C=C\C/C=C\C/C=C\C/C=C\CCCCCCCCCCCCCCCCCCCC(=O)NC(COC1OC(CO)C(OC2OC(CO)C(O)C(O)C2O)C(O)C1O)C(O)/C=C/CC/C=C/CC/C=C/CCCCCCCCCCCCCCC. The minimum atomic E-state index is -1.80. The highest BCUT2D eigenvalue weighted by molar-refractivity contribution is 5.76. The minimum Gasteiger partial charge on any atom is -0.394 e. The third-order valence-electron chi connectivity index (χ3n) is 17.2. The normalized spacial score (nSPS) is 23.5. The number of carbonyl (C=O) groups is 1. The summed E-state index contributed by atoms with van der Waals surface area (Å²) in [6.07, 6.45) is 67.5. The first-order valence-electron chi connectivity index (χ1n) is 36.5. The number of aliphatic hydroxyl groups excluding tert-OH is 8. The molecule has 1 amide bonds. The number of ether oxygens (including phenoxy) is 4. The van der Waals surface area contributed by atoms with Crippen molar-refractivity contribution < 1.29 is 64.6 Å². The fourth-order valence-electron chi connectivity index (χ4n) is 11.5. The molecule has 14 nitrogen and oxygen atoms in total. The molecule has 2 aliphatic heterocycles. The predicted molar refractivity (Wildman–Crippen MR) is 369 cm³/mol. The lowest BCUT2D eigenvalue weighted by Crippen LogP contribution is -2.65. The van der Waals surface area contributed by atoms with E-state index in [2.05, 4.69) is 104 Å². The summed E-state index contributed by atoms with van der Waals surface area (Å²) in [6, 6.07) is -0.944. The number of nitrogens with one attached hydrogen (secondary N) is 1. The number of amides is 1. The molecular formula is C76H133NO13. The van der Waals surface area contributed by atoms with Crippen LogP contribution in [0.5, 0.6) is 0 Å². The Morgan fingerprint density at radius 1 is 0.411 bits per heavy atom. The molecule has 2 rings (SSSR count). The number of unbranched alkanes of at least 4 members (excludes halogenated alkanes) is 32. The van der Waals surface area contributed by atoms with Crippen molar-refractivity contribution in [3.63, 3.8) is 0 Å². The Bertz CT molecular complexity index is 1880. The maximum atomic E-state index is 13.3. The van der Waals surface area contributed by atoms with E-state index in [4.69, 9.17) is 18.9 Å². The van der Waals surface area contributed by atoms with E-state index in [9.17, 15) is 45.6 Å². The van der Waals surface area contributed by atoms with Crippen molar-refractivity contribution in [1.29, 1.82) is 0 Å². The third-order valence-corrected chi connectivity index (χ3v) is 17.2. The van der Waals surface area contributed by atoms with E-state index in [0.717, 1.165) is 77.0 Å². The van der Waals surface area contributed by atoms with E-state index < -0.39 is 86.8 Å². The summed E-state index contributed by atoms with van der Waals surface area (Å²) in [4.78, 5) is 13.3. The molecule has 12 atom stereocenters. The van der Waals surface area contributed by atoms with Gasteiger partial charge in [-0.2, -0.15) is 0 Å². The summed E-state index contributed by atoms with van der Waals surface area (Å²) >= 11 is 0. The second kappa shape index (κ2) is 59.6. The van der Waals surface area contributed by atoms with Crippen molar-refractivity contribution in [3.05, 3.63) is 97.2 Å². The smallest absolute Gasteiger partial charge is 0.220 e. The Kier molecular flexibility index (Phi) is 55.0. The molecule has 14 heteroatoms. The second-order valence-corrected chi connectivity index (χ2v) is 25.3. The number of allylic oxidation sites excluding steroid dienone is 15. The Balaban J connectivity index is 1.67. The van der Waals surface area contributed by atoms with Gasteiger partial charge in [0.1, 0.15) is 48.8 Å². The molecule has 12 unspecified atom stereocenters. The van der Waals surface area contributed by atoms with Crippen LogP contribution in [0.15, 0.2) is 97.2 Å². The fourth-order valence-corrected chi connectivity index (χ4v) is 11.5. The summed E-state index contributed by atoms with van der Waals surface area (Å²) in [5.74, 6) is -0.253. The van der Waals surface area contributed by atoms with Gasteiger partial charge in [0.25, 0.3) is 0 Å². The largest absolute Gasteiger partial charge is 0.394 e. The van der Waals surface area contributed by atoms with Crippen LogP contribution in [-0.2, 0) is 23.7 Å². The van der Waals surface area contributed by atoms with Crippen LogP contribution in [-0.4, -0.2) is 140 Å². The van der Waals surface area contributed by atoms with Gasteiger partial charge >= 0.3 is 0 Å². The van der Waals surface area contributed by atoms with Crippen molar-refractivity contribution in [3.8, 4) is 0 Å². The Labute approximate surface area is 547 Å². The van der Waals surface area contributed by atoms with Crippen LogP contribution in [0.4, 0.5) is 0 Å². The van der Waals surface area contributed by atoms with Gasteiger partial charge in [0.15, 0.2) is 12.6 Å². The molecule has 520 valence electrons. The monoisotopic (exact) mass is 1270 g/mol. The average molecular weight is 1270 g/mol. The highest BCUT2D eigenvalue weighted by Crippen LogP contribution is 2.30. The lowest BCUT2D eigenvalue weighted by atomic mass is 9.97. The topological polar surface area (TPSA) is 228 Å². The van der Waals surface area contributed by atoms with Crippen LogP contribution in [0.25, 0.3) is 0 Å². The summed E-state index contributed by atoms with van der Waals surface area (Å²) < 4.78 is 22.8. The van der Waals surface area contributed by atoms with Gasteiger partial charge in [-0.25, -0.2) is 0 Å². The van der Waals surface area contributed by atoms with Gasteiger partial charge in [-0.1, -0.05) is 284 Å². The Hall–Kier alpha value is -3.09. The summed E-state index contributed by atoms with van der Waals surface area (Å²) in [7, 11) is 0. The molecule has 2 aliphatic rings. The molecule has 0 bridgehead atoms. The lowest BCUT2D eigenvalue weighted by molar-refractivity contribution is -0.359. The molecule has 2 heterocycles. The van der Waals surface area contributed by atoms with Crippen molar-refractivity contribution in [1.82, 2.24) is 5.32 Å². The van der Waals surface area contributed by atoms with Crippen molar-refractivity contribution in [2.45, 2.75) is 357 Å². The zero-order valence-electron chi connectivity index (χ0n) is 56.6. The lowest BCUT2D eigenvalue weighted by Gasteiger charge is -2.46. The van der Waals surface area contributed by atoms with E-state index in [0.29, 0.717) is 12.8 Å². The van der Waals surface area contributed by atoms with Crippen LogP contribution in [0.3, 0.4) is 0 Å². The highest BCUT2D eigenvalue weighted by Gasteiger charge is 2.51. The maximum Gasteiger partial charge on any atom is 0.220 e. The third kappa shape index (κ3) is 43.0. The standard InChI is InChI=1S/C76H133NO13/c1-3-5-7-9-11-13-15-17-19-21-23-25-27-28-29-30-31-32-33-34-35-36-38-40-42-44-46-48-50-52-54-56-58-60-68(81)77-64(63-87-75-73(86)71(84)74(67(62-79)89-75)90-76-72(85)70(83)69(82)66(61-78)88-76)65(80)59-57-55-53-51-49-47-45-43-41-39-37-26-24-22-20-18-16-14-12-10-8-6-4-2/h5,7,11,13,17,19,23,25,28-29,41,43,49,51,57,59,64-67,69-76,78-80,82-86H,3-4,6,8-10,12,14-16,18,20-22,24,26-27,30-40,42,44-48,50,52-56,58,60-63H2,1-2H3,(H,77,81)/b7-5-,13-11-,19-17-,25-23-,29-28-,43-41+,51-49+,59-57+. The van der Waals surface area contributed by atoms with Gasteiger partial charge in [-0.05, 0) is 89.9 Å². The molecule has 0 aromatic rings. The first-order chi connectivity index (χ1) is 44.1. The first kappa shape index (κ1) is 83.0. The highest BCUT2D eigenvalue weighted by atomic mass is 16.7. The van der Waals surface area contributed by atoms with Gasteiger partial charge in [0, 0.05) is 6.42 Å². The molecule has 9 N–H and O–H groups in total. The van der Waals surface area contributed by atoms with Crippen molar-refractivity contribution >= 4 is 5.91 Å². The summed E-state index contributed by atoms with van der Waals surface area (Å²) in [5, 5.41) is 87.5. The van der Waals surface area contributed by atoms with Gasteiger partial charge < -0.3 is 65.1 Å². The van der Waals surface area contributed by atoms with Crippen LogP contribution in [0.2, 0.25) is 0 Å². The molecule has 0 aliphatic carbocycles. The van der Waals surface area contributed by atoms with Crippen molar-refractivity contribution in [2.24, 2.45) is 0 Å². The summed E-state index contributed by atoms with van der Waals surface area (Å²) in [5.41, 5.74) is 0. The number of rotatable bonds is 59. The van der Waals surface area contributed by atoms with Crippen LogP contribution >= 0.6 is 0 Å². The summed E-state index contributed by atoms with van der Waals surface area (Å²) in [6.45, 7) is 2.69. The molecule has 2 saturated heterocycles. The molecule has 2 fully saturated rings. The van der Waals surface area contributed by atoms with Gasteiger partial charge in [-0.3, -0.25) is 4.79 Å². The van der Waals surface area contributed by atoms with E-state index >= 15 is 0 Å². The van der Waals surface area contributed by atoms with Crippen molar-refractivity contribution in [2.75, 3.05) is 19.8 Å². The van der Waals surface area contributed by atoms with E-state index in [1.807, 2.05) is 6.08 Å². The molecular weight excluding hydrogens is 1130 g/mol. The minimum absolute atomic E-state index is 0.253. The first-order valence-corrected chi connectivity index (χ1v) is 36.5. The average Bonchev–Trinajstić information content (AvgIpc) is 1.41.